The molecule has 0 aliphatic carbocycles. The number of methoxy groups -OCH3 is 1. The zero-order chi connectivity index (χ0) is 12.2. The monoisotopic (exact) mass is 223 g/mol. The molecule has 0 heterocycles. The van der Waals surface area contributed by atoms with Crippen LogP contribution in [-0.4, -0.2) is 18.8 Å². The summed E-state index contributed by atoms with van der Waals surface area (Å²) in [5.74, 6) is 0.706. The lowest BCUT2D eigenvalue weighted by Gasteiger charge is -2.18. The Hall–Kier alpha value is -1.22. The third-order valence-electron chi connectivity index (χ3n) is 2.23. The average Bonchev–Trinajstić information content (AvgIpc) is 2.16. The number of aromatic hydroxyl groups is 1. The van der Waals surface area contributed by atoms with Crippen molar-refractivity contribution in [3.63, 3.8) is 0 Å². The van der Waals surface area contributed by atoms with Crippen molar-refractivity contribution >= 4 is 0 Å². The van der Waals surface area contributed by atoms with Gasteiger partial charge in [0.15, 0.2) is 11.5 Å². The summed E-state index contributed by atoms with van der Waals surface area (Å²) in [5, 5.41) is 13.0. The Bertz CT molecular complexity index is 342. The highest BCUT2D eigenvalue weighted by Crippen LogP contribution is 2.26. The number of nitrogens with one attached hydrogen (secondary N) is 1. The van der Waals surface area contributed by atoms with E-state index in [1.807, 2.05) is 6.07 Å². The predicted molar refractivity (Wildman–Crippen MR) is 65.8 cm³/mol. The van der Waals surface area contributed by atoms with Crippen molar-refractivity contribution in [2.24, 2.45) is 5.41 Å². The second kappa shape index (κ2) is 5.21. The largest absolute Gasteiger partial charge is 0.504 e. The van der Waals surface area contributed by atoms with Gasteiger partial charge < -0.3 is 15.2 Å². The fourth-order valence-electron chi connectivity index (χ4n) is 1.43. The van der Waals surface area contributed by atoms with Crippen molar-refractivity contribution in [1.29, 1.82) is 0 Å². The van der Waals surface area contributed by atoms with Crippen molar-refractivity contribution in [2.75, 3.05) is 13.7 Å². The van der Waals surface area contributed by atoms with Gasteiger partial charge in [-0.25, -0.2) is 0 Å². The normalized spacial score (nSPS) is 11.5. The minimum atomic E-state index is 0.192. The fraction of sp³-hybridized carbons (Fsp3) is 0.538. The molecule has 2 N–H and O–H groups in total. The second-order valence-corrected chi connectivity index (χ2v) is 5.17. The summed E-state index contributed by atoms with van der Waals surface area (Å²) in [7, 11) is 1.55. The summed E-state index contributed by atoms with van der Waals surface area (Å²) in [6, 6.07) is 5.46. The standard InChI is InChI=1S/C13H21NO2/c1-13(2,3)9-14-8-10-5-6-12(16-4)11(15)7-10/h5-7,14-15H,8-9H2,1-4H3. The molecule has 0 radical (unpaired) electrons. The Labute approximate surface area is 97.4 Å². The van der Waals surface area contributed by atoms with E-state index in [0.29, 0.717) is 5.75 Å². The van der Waals surface area contributed by atoms with Crippen LogP contribution in [0.15, 0.2) is 18.2 Å². The summed E-state index contributed by atoms with van der Waals surface area (Å²) in [6.07, 6.45) is 0. The van der Waals surface area contributed by atoms with Crippen molar-refractivity contribution in [1.82, 2.24) is 5.32 Å². The third kappa shape index (κ3) is 4.11. The van der Waals surface area contributed by atoms with Gasteiger partial charge >= 0.3 is 0 Å². The molecule has 0 bridgehead atoms. The van der Waals surface area contributed by atoms with Crippen molar-refractivity contribution < 1.29 is 9.84 Å². The van der Waals surface area contributed by atoms with E-state index < -0.39 is 0 Å². The first kappa shape index (κ1) is 12.8. The molecule has 1 aromatic rings. The number of hydrogen-bond donors (Lipinski definition) is 2. The molecule has 3 nitrogen and oxygen atoms in total. The van der Waals surface area contributed by atoms with Gasteiger partial charge in [0, 0.05) is 13.1 Å². The smallest absolute Gasteiger partial charge is 0.160 e. The molecule has 0 aromatic heterocycles. The molecule has 3 heteroatoms. The average molecular weight is 223 g/mol. The summed E-state index contributed by atoms with van der Waals surface area (Å²) in [4.78, 5) is 0. The molecule has 0 unspecified atom stereocenters. The van der Waals surface area contributed by atoms with Crippen LogP contribution in [0.1, 0.15) is 26.3 Å². The van der Waals surface area contributed by atoms with Crippen molar-refractivity contribution in [3.05, 3.63) is 23.8 Å². The highest BCUT2D eigenvalue weighted by molar-refractivity contribution is 5.41. The van der Waals surface area contributed by atoms with E-state index in [-0.39, 0.29) is 11.2 Å². The van der Waals surface area contributed by atoms with Crippen molar-refractivity contribution in [2.45, 2.75) is 27.3 Å². The molecule has 16 heavy (non-hydrogen) atoms. The molecule has 90 valence electrons. The van der Waals surface area contributed by atoms with E-state index in [1.54, 1.807) is 19.2 Å². The number of benzene rings is 1. The lowest BCUT2D eigenvalue weighted by molar-refractivity contribution is 0.370. The lowest BCUT2D eigenvalue weighted by Crippen LogP contribution is -2.26. The molecule has 0 saturated heterocycles. The van der Waals surface area contributed by atoms with Gasteiger partial charge in [0.2, 0.25) is 0 Å². The van der Waals surface area contributed by atoms with Crippen LogP contribution in [0.5, 0.6) is 11.5 Å². The number of phenolic OH excluding ortho intramolecular Hbond substituents is 1. The Morgan fingerprint density at radius 1 is 1.31 bits per heavy atom. The molecule has 1 rings (SSSR count). The maximum Gasteiger partial charge on any atom is 0.160 e. The van der Waals surface area contributed by atoms with Gasteiger partial charge in [-0.2, -0.15) is 0 Å². The molecule has 0 aliphatic heterocycles. The minimum absolute atomic E-state index is 0.192. The van der Waals surface area contributed by atoms with Crippen LogP contribution in [0.25, 0.3) is 0 Å². The van der Waals surface area contributed by atoms with E-state index in [9.17, 15) is 5.11 Å². The van der Waals surface area contributed by atoms with Crippen LogP contribution in [0.2, 0.25) is 0 Å². The Balaban J connectivity index is 2.52. The summed E-state index contributed by atoms with van der Waals surface area (Å²) >= 11 is 0. The van der Waals surface area contributed by atoms with Crippen LogP contribution < -0.4 is 10.1 Å². The molecular formula is C13H21NO2. The van der Waals surface area contributed by atoms with Gasteiger partial charge in [0.1, 0.15) is 0 Å². The van der Waals surface area contributed by atoms with E-state index in [1.165, 1.54) is 0 Å². The Kier molecular flexibility index (Phi) is 4.19. The van der Waals surface area contributed by atoms with Crippen molar-refractivity contribution in [3.8, 4) is 11.5 Å². The Morgan fingerprint density at radius 2 is 2.00 bits per heavy atom. The van der Waals surface area contributed by atoms with Crippen LogP contribution in [0.4, 0.5) is 0 Å². The van der Waals surface area contributed by atoms with Gasteiger partial charge in [-0.15, -0.1) is 0 Å². The van der Waals surface area contributed by atoms with E-state index in [4.69, 9.17) is 4.74 Å². The Morgan fingerprint density at radius 3 is 2.50 bits per heavy atom. The van der Waals surface area contributed by atoms with Gasteiger partial charge in [-0.05, 0) is 23.1 Å². The first-order valence-corrected chi connectivity index (χ1v) is 5.49. The minimum Gasteiger partial charge on any atom is -0.504 e. The van der Waals surface area contributed by atoms with Crippen LogP contribution in [0.3, 0.4) is 0 Å². The fourth-order valence-corrected chi connectivity index (χ4v) is 1.43. The number of ether oxygens (including phenoxy) is 1. The summed E-state index contributed by atoms with van der Waals surface area (Å²) in [6.45, 7) is 8.26. The lowest BCUT2D eigenvalue weighted by atomic mass is 9.97. The summed E-state index contributed by atoms with van der Waals surface area (Å²) in [5.41, 5.74) is 1.33. The van der Waals surface area contributed by atoms with Gasteiger partial charge in [0.05, 0.1) is 7.11 Å². The van der Waals surface area contributed by atoms with E-state index in [0.717, 1.165) is 18.7 Å². The molecule has 0 aliphatic rings. The molecule has 0 saturated carbocycles. The highest BCUT2D eigenvalue weighted by atomic mass is 16.5. The van der Waals surface area contributed by atoms with E-state index in [2.05, 4.69) is 26.1 Å². The second-order valence-electron chi connectivity index (χ2n) is 5.17. The molecule has 0 spiro atoms. The zero-order valence-electron chi connectivity index (χ0n) is 10.5. The molecule has 0 fully saturated rings. The molecule has 0 amide bonds. The van der Waals surface area contributed by atoms with Gasteiger partial charge in [-0.1, -0.05) is 26.8 Å². The first-order chi connectivity index (χ1) is 7.42. The zero-order valence-corrected chi connectivity index (χ0v) is 10.5. The number of hydrogen-bond acceptors (Lipinski definition) is 3. The van der Waals surface area contributed by atoms with Crippen LogP contribution in [-0.2, 0) is 6.54 Å². The van der Waals surface area contributed by atoms with E-state index >= 15 is 0 Å². The molecule has 1 aromatic carbocycles. The number of phenols is 1. The quantitative estimate of drug-likeness (QED) is 0.824. The highest BCUT2D eigenvalue weighted by Gasteiger charge is 2.09. The van der Waals surface area contributed by atoms with Crippen LogP contribution >= 0.6 is 0 Å². The van der Waals surface area contributed by atoms with Gasteiger partial charge in [0.25, 0.3) is 0 Å². The number of rotatable bonds is 4. The first-order valence-electron chi connectivity index (χ1n) is 5.49. The maximum atomic E-state index is 9.60. The summed E-state index contributed by atoms with van der Waals surface area (Å²) < 4.78 is 4.99. The van der Waals surface area contributed by atoms with Crippen LogP contribution in [0, 0.1) is 5.41 Å². The topological polar surface area (TPSA) is 41.5 Å². The SMILES string of the molecule is COc1ccc(CNCC(C)(C)C)cc1O. The predicted octanol–water partition coefficient (Wildman–Crippen LogP) is 2.54. The molecular weight excluding hydrogens is 202 g/mol. The molecule has 0 atom stereocenters. The maximum absolute atomic E-state index is 9.60. The third-order valence-corrected chi connectivity index (χ3v) is 2.23. The van der Waals surface area contributed by atoms with Gasteiger partial charge in [-0.3, -0.25) is 0 Å².